The molecule has 2 aromatic rings. The Kier molecular flexibility index (Phi) is 5.24. The monoisotopic (exact) mass is 285 g/mol. The van der Waals surface area contributed by atoms with E-state index >= 15 is 0 Å². The van der Waals surface area contributed by atoms with Crippen LogP contribution < -0.4 is 14.8 Å². The summed E-state index contributed by atoms with van der Waals surface area (Å²) in [5, 5.41) is 12.4. The van der Waals surface area contributed by atoms with Crippen molar-refractivity contribution in [1.82, 2.24) is 10.3 Å². The summed E-state index contributed by atoms with van der Waals surface area (Å²) in [5.74, 6) is 1.44. The molecule has 0 spiro atoms. The number of hydrogen-bond donors (Lipinski definition) is 2. The van der Waals surface area contributed by atoms with E-state index in [1.54, 1.807) is 14.2 Å². The summed E-state index contributed by atoms with van der Waals surface area (Å²) < 4.78 is 10.5. The smallest absolute Gasteiger partial charge is 0.160 e. The molecule has 0 saturated heterocycles. The number of nitriles is 1. The molecule has 2 N–H and O–H groups in total. The fraction of sp³-hybridized carbons (Fsp3) is 0.312. The molecule has 1 heterocycles. The average molecular weight is 285 g/mol. The van der Waals surface area contributed by atoms with Crippen molar-refractivity contribution in [2.75, 3.05) is 20.8 Å². The number of rotatable bonds is 7. The highest BCUT2D eigenvalue weighted by atomic mass is 16.5. The van der Waals surface area contributed by atoms with Gasteiger partial charge in [-0.2, -0.15) is 5.26 Å². The van der Waals surface area contributed by atoms with Gasteiger partial charge in [0.1, 0.15) is 6.04 Å². The number of benzene rings is 1. The minimum atomic E-state index is -0.319. The van der Waals surface area contributed by atoms with Crippen molar-refractivity contribution in [1.29, 1.82) is 5.26 Å². The Morgan fingerprint density at radius 2 is 2.05 bits per heavy atom. The van der Waals surface area contributed by atoms with E-state index in [4.69, 9.17) is 9.47 Å². The summed E-state index contributed by atoms with van der Waals surface area (Å²) in [4.78, 5) is 3.05. The Morgan fingerprint density at radius 1 is 1.24 bits per heavy atom. The molecule has 5 nitrogen and oxygen atoms in total. The van der Waals surface area contributed by atoms with Crippen LogP contribution in [0.3, 0.4) is 0 Å². The van der Waals surface area contributed by atoms with E-state index in [2.05, 4.69) is 16.4 Å². The number of methoxy groups -OCH3 is 2. The molecule has 0 bridgehead atoms. The van der Waals surface area contributed by atoms with Crippen molar-refractivity contribution in [2.45, 2.75) is 12.5 Å². The molecule has 0 amide bonds. The third-order valence-corrected chi connectivity index (χ3v) is 3.27. The Morgan fingerprint density at radius 3 is 2.67 bits per heavy atom. The molecular formula is C16H19N3O2. The maximum Gasteiger partial charge on any atom is 0.160 e. The van der Waals surface area contributed by atoms with Gasteiger partial charge in [-0.1, -0.05) is 6.07 Å². The number of aromatic nitrogens is 1. The number of aromatic amines is 1. The van der Waals surface area contributed by atoms with E-state index in [0.717, 1.165) is 29.2 Å². The zero-order valence-electron chi connectivity index (χ0n) is 12.2. The Labute approximate surface area is 124 Å². The van der Waals surface area contributed by atoms with Gasteiger partial charge in [-0.3, -0.25) is 5.32 Å². The second-order valence-electron chi connectivity index (χ2n) is 4.58. The van der Waals surface area contributed by atoms with Gasteiger partial charge in [0, 0.05) is 18.4 Å². The van der Waals surface area contributed by atoms with Gasteiger partial charge in [-0.15, -0.1) is 0 Å². The van der Waals surface area contributed by atoms with Crippen molar-refractivity contribution in [2.24, 2.45) is 0 Å². The molecule has 1 aromatic carbocycles. The van der Waals surface area contributed by atoms with Gasteiger partial charge in [0.05, 0.1) is 20.3 Å². The van der Waals surface area contributed by atoms with Crippen LogP contribution in [-0.4, -0.2) is 25.7 Å². The van der Waals surface area contributed by atoms with Gasteiger partial charge in [-0.05, 0) is 36.2 Å². The first kappa shape index (κ1) is 14.9. The predicted octanol–water partition coefficient (Wildman–Crippen LogP) is 2.43. The van der Waals surface area contributed by atoms with Crippen LogP contribution in [0.2, 0.25) is 0 Å². The minimum absolute atomic E-state index is 0.319. The van der Waals surface area contributed by atoms with Crippen molar-refractivity contribution < 1.29 is 9.47 Å². The molecule has 0 aliphatic rings. The normalized spacial score (nSPS) is 11.7. The summed E-state index contributed by atoms with van der Waals surface area (Å²) in [7, 11) is 3.24. The van der Waals surface area contributed by atoms with Crippen LogP contribution in [0.5, 0.6) is 11.5 Å². The molecule has 0 radical (unpaired) electrons. The van der Waals surface area contributed by atoms with Gasteiger partial charge in [0.15, 0.2) is 11.5 Å². The summed E-state index contributed by atoms with van der Waals surface area (Å²) in [6, 6.07) is 11.6. The Bertz CT molecular complexity index is 602. The van der Waals surface area contributed by atoms with Crippen LogP contribution >= 0.6 is 0 Å². The zero-order chi connectivity index (χ0) is 15.1. The van der Waals surface area contributed by atoms with Crippen LogP contribution in [0.1, 0.15) is 17.3 Å². The summed E-state index contributed by atoms with van der Waals surface area (Å²) >= 11 is 0. The highest BCUT2D eigenvalue weighted by Crippen LogP contribution is 2.27. The lowest BCUT2D eigenvalue weighted by Crippen LogP contribution is -2.22. The topological polar surface area (TPSA) is 70.1 Å². The lowest BCUT2D eigenvalue weighted by atomic mass is 10.1. The largest absolute Gasteiger partial charge is 0.493 e. The maximum atomic E-state index is 9.18. The quantitative estimate of drug-likeness (QED) is 0.819. The van der Waals surface area contributed by atoms with Gasteiger partial charge in [0.25, 0.3) is 0 Å². The Hall–Kier alpha value is -2.45. The fourth-order valence-electron chi connectivity index (χ4n) is 2.15. The number of nitrogens with one attached hydrogen (secondary N) is 2. The molecule has 110 valence electrons. The molecule has 5 heteroatoms. The molecule has 1 aromatic heterocycles. The van der Waals surface area contributed by atoms with Gasteiger partial charge in [0.2, 0.25) is 0 Å². The fourth-order valence-corrected chi connectivity index (χ4v) is 2.15. The standard InChI is InChI=1S/C16H19N3O2/c1-20-15-6-5-12(10-16(15)21-2)7-9-19-14(11-17)13-4-3-8-18-13/h3-6,8,10,14,18-19H,7,9H2,1-2H3. The van der Waals surface area contributed by atoms with Crippen LogP contribution in [0, 0.1) is 11.3 Å². The van der Waals surface area contributed by atoms with Crippen molar-refractivity contribution in [3.8, 4) is 17.6 Å². The van der Waals surface area contributed by atoms with E-state index < -0.39 is 0 Å². The zero-order valence-corrected chi connectivity index (χ0v) is 12.2. The average Bonchev–Trinajstić information content (AvgIpc) is 3.05. The van der Waals surface area contributed by atoms with Gasteiger partial charge in [-0.25, -0.2) is 0 Å². The molecular weight excluding hydrogens is 266 g/mol. The number of ether oxygens (including phenoxy) is 2. The van der Waals surface area contributed by atoms with Crippen LogP contribution in [0.4, 0.5) is 0 Å². The lowest BCUT2D eigenvalue weighted by molar-refractivity contribution is 0.354. The lowest BCUT2D eigenvalue weighted by Gasteiger charge is -2.12. The number of hydrogen-bond acceptors (Lipinski definition) is 4. The summed E-state index contributed by atoms with van der Waals surface area (Å²) in [6.07, 6.45) is 2.62. The molecule has 1 atom stereocenters. The molecule has 0 aliphatic heterocycles. The second-order valence-corrected chi connectivity index (χ2v) is 4.58. The van der Waals surface area contributed by atoms with E-state index in [-0.39, 0.29) is 6.04 Å². The van der Waals surface area contributed by atoms with E-state index in [1.807, 2.05) is 36.5 Å². The van der Waals surface area contributed by atoms with Gasteiger partial charge < -0.3 is 14.5 Å². The molecule has 21 heavy (non-hydrogen) atoms. The molecule has 0 aliphatic carbocycles. The molecule has 1 unspecified atom stereocenters. The molecule has 0 saturated carbocycles. The first-order valence-corrected chi connectivity index (χ1v) is 6.75. The first-order chi connectivity index (χ1) is 10.3. The SMILES string of the molecule is COc1ccc(CCNC(C#N)c2ccc[nH]2)cc1OC. The van der Waals surface area contributed by atoms with Crippen molar-refractivity contribution >= 4 is 0 Å². The van der Waals surface area contributed by atoms with Crippen LogP contribution in [0.25, 0.3) is 0 Å². The number of H-pyrrole nitrogens is 1. The van der Waals surface area contributed by atoms with E-state index in [0.29, 0.717) is 6.54 Å². The highest BCUT2D eigenvalue weighted by molar-refractivity contribution is 5.42. The minimum Gasteiger partial charge on any atom is -0.493 e. The predicted molar refractivity (Wildman–Crippen MR) is 80.4 cm³/mol. The Balaban J connectivity index is 1.93. The van der Waals surface area contributed by atoms with Gasteiger partial charge >= 0.3 is 0 Å². The van der Waals surface area contributed by atoms with Crippen molar-refractivity contribution in [3.05, 3.63) is 47.8 Å². The van der Waals surface area contributed by atoms with E-state index in [9.17, 15) is 5.26 Å². The van der Waals surface area contributed by atoms with Crippen molar-refractivity contribution in [3.63, 3.8) is 0 Å². The highest BCUT2D eigenvalue weighted by Gasteiger charge is 2.10. The number of nitrogens with zero attached hydrogens (tertiary/aromatic N) is 1. The van der Waals surface area contributed by atoms with E-state index in [1.165, 1.54) is 0 Å². The maximum absolute atomic E-state index is 9.18. The van der Waals surface area contributed by atoms with Crippen LogP contribution in [0.15, 0.2) is 36.5 Å². The third kappa shape index (κ3) is 3.77. The molecule has 0 fully saturated rings. The van der Waals surface area contributed by atoms with Crippen LogP contribution in [-0.2, 0) is 6.42 Å². The molecule has 2 rings (SSSR count). The third-order valence-electron chi connectivity index (χ3n) is 3.27. The first-order valence-electron chi connectivity index (χ1n) is 6.75. The second kappa shape index (κ2) is 7.36. The summed E-state index contributed by atoms with van der Waals surface area (Å²) in [5.41, 5.74) is 2.01. The summed E-state index contributed by atoms with van der Waals surface area (Å²) in [6.45, 7) is 0.701.